The van der Waals surface area contributed by atoms with Crippen molar-refractivity contribution in [1.29, 1.82) is 0 Å². The van der Waals surface area contributed by atoms with Gasteiger partial charge in [-0.3, -0.25) is 14.4 Å². The van der Waals surface area contributed by atoms with Crippen molar-refractivity contribution in [3.8, 4) is 11.5 Å². The standard InChI is InChI=1S/C24H27N3O5/c1-31-19-12-18(13-20(14-19)32-2)23(29)25-9-8-21-24(30)26(15-17-6-4-3-5-7-17)16-22(28)27(21)11-10-25/h3-7,12-14,21H,8-11,15-16H2,1-2H3. The first kappa shape index (κ1) is 21.7. The Labute approximate surface area is 187 Å². The van der Waals surface area contributed by atoms with Gasteiger partial charge in [0.1, 0.15) is 24.1 Å². The minimum Gasteiger partial charge on any atom is -0.497 e. The minimum atomic E-state index is -0.544. The number of nitrogens with zero attached hydrogens (tertiary/aromatic N) is 3. The number of fused-ring (bicyclic) bond motifs is 1. The summed E-state index contributed by atoms with van der Waals surface area (Å²) in [7, 11) is 3.07. The molecule has 2 saturated heterocycles. The fourth-order valence-electron chi connectivity index (χ4n) is 4.28. The van der Waals surface area contributed by atoms with E-state index in [4.69, 9.17) is 9.47 Å². The van der Waals surface area contributed by atoms with E-state index in [0.717, 1.165) is 5.56 Å². The zero-order chi connectivity index (χ0) is 22.7. The molecule has 1 unspecified atom stereocenters. The molecule has 8 nitrogen and oxygen atoms in total. The number of amides is 3. The lowest BCUT2D eigenvalue weighted by Crippen LogP contribution is -2.59. The molecule has 8 heteroatoms. The Bertz CT molecular complexity index is 988. The summed E-state index contributed by atoms with van der Waals surface area (Å²) in [4.78, 5) is 44.1. The first-order chi connectivity index (χ1) is 15.5. The lowest BCUT2D eigenvalue weighted by atomic mass is 10.1. The number of carbonyl (C=O) groups is 3. The van der Waals surface area contributed by atoms with Crippen molar-refractivity contribution in [3.05, 3.63) is 59.7 Å². The van der Waals surface area contributed by atoms with Gasteiger partial charge in [-0.1, -0.05) is 30.3 Å². The summed E-state index contributed by atoms with van der Waals surface area (Å²) in [5.41, 5.74) is 1.43. The number of carbonyl (C=O) groups excluding carboxylic acids is 3. The second kappa shape index (κ2) is 9.30. The van der Waals surface area contributed by atoms with Crippen LogP contribution in [0, 0.1) is 0 Å². The highest BCUT2D eigenvalue weighted by molar-refractivity contribution is 5.97. The summed E-state index contributed by atoms with van der Waals surface area (Å²) in [5.74, 6) is 0.737. The van der Waals surface area contributed by atoms with Crippen molar-refractivity contribution >= 4 is 17.7 Å². The summed E-state index contributed by atoms with van der Waals surface area (Å²) in [5, 5.41) is 0. The number of hydrogen-bond acceptors (Lipinski definition) is 5. The van der Waals surface area contributed by atoms with E-state index >= 15 is 0 Å². The molecule has 2 heterocycles. The Morgan fingerprint density at radius 2 is 1.66 bits per heavy atom. The normalized spacial score (nSPS) is 18.8. The number of ether oxygens (including phenoxy) is 2. The molecule has 0 radical (unpaired) electrons. The van der Waals surface area contributed by atoms with Crippen molar-refractivity contribution in [2.75, 3.05) is 40.4 Å². The van der Waals surface area contributed by atoms with E-state index in [0.29, 0.717) is 49.7 Å². The van der Waals surface area contributed by atoms with Crippen LogP contribution in [0.25, 0.3) is 0 Å². The van der Waals surface area contributed by atoms with Crippen molar-refractivity contribution in [2.45, 2.75) is 19.0 Å². The summed E-state index contributed by atoms with van der Waals surface area (Å²) in [6.07, 6.45) is 0.405. The Morgan fingerprint density at radius 1 is 0.969 bits per heavy atom. The molecule has 2 fully saturated rings. The molecule has 4 rings (SSSR count). The molecule has 2 aromatic carbocycles. The highest BCUT2D eigenvalue weighted by Crippen LogP contribution is 2.25. The summed E-state index contributed by atoms with van der Waals surface area (Å²) >= 11 is 0. The van der Waals surface area contributed by atoms with Crippen molar-refractivity contribution < 1.29 is 23.9 Å². The quantitative estimate of drug-likeness (QED) is 0.713. The van der Waals surface area contributed by atoms with Crippen LogP contribution in [-0.4, -0.2) is 78.9 Å². The van der Waals surface area contributed by atoms with Gasteiger partial charge in [-0.2, -0.15) is 0 Å². The molecule has 0 saturated carbocycles. The molecule has 0 N–H and O–H groups in total. The Morgan fingerprint density at radius 3 is 2.31 bits per heavy atom. The number of piperazine rings is 1. The van der Waals surface area contributed by atoms with E-state index in [2.05, 4.69) is 0 Å². The number of hydrogen-bond donors (Lipinski definition) is 0. The average Bonchev–Trinajstić information content (AvgIpc) is 3.06. The van der Waals surface area contributed by atoms with E-state index in [1.807, 2.05) is 30.3 Å². The Kier molecular flexibility index (Phi) is 6.30. The zero-order valence-electron chi connectivity index (χ0n) is 18.3. The van der Waals surface area contributed by atoms with Gasteiger partial charge in [0.15, 0.2) is 0 Å². The topological polar surface area (TPSA) is 79.4 Å². The van der Waals surface area contributed by atoms with E-state index in [1.54, 1.807) is 32.9 Å². The molecule has 32 heavy (non-hydrogen) atoms. The molecule has 0 aliphatic carbocycles. The second-order valence-electron chi connectivity index (χ2n) is 7.97. The predicted octanol–water partition coefficient (Wildman–Crippen LogP) is 1.79. The third-order valence-electron chi connectivity index (χ3n) is 6.00. The first-order valence-corrected chi connectivity index (χ1v) is 10.6. The third-order valence-corrected chi connectivity index (χ3v) is 6.00. The van der Waals surface area contributed by atoms with Gasteiger partial charge in [0, 0.05) is 37.8 Å². The summed E-state index contributed by atoms with van der Waals surface area (Å²) in [6.45, 7) is 1.55. The molecule has 168 valence electrons. The summed E-state index contributed by atoms with van der Waals surface area (Å²) < 4.78 is 10.5. The van der Waals surface area contributed by atoms with Crippen LogP contribution in [0.5, 0.6) is 11.5 Å². The lowest BCUT2D eigenvalue weighted by Gasteiger charge is -2.39. The maximum Gasteiger partial charge on any atom is 0.254 e. The fraction of sp³-hybridized carbons (Fsp3) is 0.375. The van der Waals surface area contributed by atoms with Crippen LogP contribution in [0.15, 0.2) is 48.5 Å². The van der Waals surface area contributed by atoms with Crippen molar-refractivity contribution in [2.24, 2.45) is 0 Å². The van der Waals surface area contributed by atoms with E-state index in [9.17, 15) is 14.4 Å². The van der Waals surface area contributed by atoms with Crippen LogP contribution < -0.4 is 9.47 Å². The van der Waals surface area contributed by atoms with E-state index < -0.39 is 6.04 Å². The Balaban J connectivity index is 1.49. The molecule has 0 bridgehead atoms. The van der Waals surface area contributed by atoms with Gasteiger partial charge in [-0.05, 0) is 24.1 Å². The monoisotopic (exact) mass is 437 g/mol. The Hall–Kier alpha value is -3.55. The van der Waals surface area contributed by atoms with Crippen LogP contribution >= 0.6 is 0 Å². The summed E-state index contributed by atoms with van der Waals surface area (Å²) in [6, 6.07) is 14.1. The number of methoxy groups -OCH3 is 2. The van der Waals surface area contributed by atoms with Crippen molar-refractivity contribution in [3.63, 3.8) is 0 Å². The minimum absolute atomic E-state index is 0.0608. The van der Waals surface area contributed by atoms with Crippen LogP contribution in [0.2, 0.25) is 0 Å². The SMILES string of the molecule is COc1cc(OC)cc(C(=O)N2CCC3C(=O)N(Cc4ccccc4)CC(=O)N3CC2)c1. The van der Waals surface area contributed by atoms with Gasteiger partial charge < -0.3 is 24.2 Å². The maximum absolute atomic E-state index is 13.2. The van der Waals surface area contributed by atoms with Gasteiger partial charge in [-0.25, -0.2) is 0 Å². The highest BCUT2D eigenvalue weighted by atomic mass is 16.5. The number of rotatable bonds is 5. The molecule has 2 aromatic rings. The predicted molar refractivity (Wildman–Crippen MR) is 117 cm³/mol. The van der Waals surface area contributed by atoms with E-state index in [1.165, 1.54) is 14.2 Å². The molecule has 0 spiro atoms. The molecule has 2 aliphatic heterocycles. The van der Waals surface area contributed by atoms with Gasteiger partial charge in [0.05, 0.1) is 14.2 Å². The molecular weight excluding hydrogens is 410 g/mol. The van der Waals surface area contributed by atoms with E-state index in [-0.39, 0.29) is 24.3 Å². The molecule has 1 atom stereocenters. The zero-order valence-corrected chi connectivity index (χ0v) is 18.3. The molecule has 2 aliphatic rings. The first-order valence-electron chi connectivity index (χ1n) is 10.6. The van der Waals surface area contributed by atoms with Crippen LogP contribution in [0.3, 0.4) is 0 Å². The molecule has 3 amide bonds. The van der Waals surface area contributed by atoms with Gasteiger partial charge in [0.2, 0.25) is 11.8 Å². The fourth-order valence-corrected chi connectivity index (χ4v) is 4.28. The average molecular weight is 437 g/mol. The second-order valence-corrected chi connectivity index (χ2v) is 7.97. The van der Waals surface area contributed by atoms with Crippen LogP contribution in [-0.2, 0) is 16.1 Å². The lowest BCUT2D eigenvalue weighted by molar-refractivity contribution is -0.156. The number of benzene rings is 2. The highest BCUT2D eigenvalue weighted by Gasteiger charge is 2.41. The van der Waals surface area contributed by atoms with Crippen LogP contribution in [0.1, 0.15) is 22.3 Å². The molecular formula is C24H27N3O5. The smallest absolute Gasteiger partial charge is 0.254 e. The van der Waals surface area contributed by atoms with Gasteiger partial charge in [0.25, 0.3) is 5.91 Å². The van der Waals surface area contributed by atoms with Gasteiger partial charge in [-0.15, -0.1) is 0 Å². The molecule has 0 aromatic heterocycles. The third kappa shape index (κ3) is 4.39. The van der Waals surface area contributed by atoms with Gasteiger partial charge >= 0.3 is 0 Å². The maximum atomic E-state index is 13.2. The van der Waals surface area contributed by atoms with Crippen molar-refractivity contribution in [1.82, 2.24) is 14.7 Å². The van der Waals surface area contributed by atoms with Crippen LogP contribution in [0.4, 0.5) is 0 Å². The largest absolute Gasteiger partial charge is 0.497 e.